The predicted octanol–water partition coefficient (Wildman–Crippen LogP) is 3.78. The molecule has 1 aliphatic rings. The molecule has 20 heavy (non-hydrogen) atoms. The van der Waals surface area contributed by atoms with Crippen molar-refractivity contribution in [2.75, 3.05) is 13.2 Å². The summed E-state index contributed by atoms with van der Waals surface area (Å²) in [4.78, 5) is 24.0. The van der Waals surface area contributed by atoms with Crippen LogP contribution in [0.3, 0.4) is 0 Å². The van der Waals surface area contributed by atoms with Gasteiger partial charge in [-0.05, 0) is 13.8 Å². The monoisotopic (exact) mass is 372 g/mol. The van der Waals surface area contributed by atoms with Crippen molar-refractivity contribution in [2.24, 2.45) is 0 Å². The topological polar surface area (TPSA) is 52.6 Å². The maximum absolute atomic E-state index is 11.8. The van der Waals surface area contributed by atoms with E-state index in [9.17, 15) is 9.59 Å². The third-order valence-electron chi connectivity index (χ3n) is 1.87. The van der Waals surface area contributed by atoms with E-state index in [1.165, 1.54) is 0 Å². The lowest BCUT2D eigenvalue weighted by Crippen LogP contribution is -2.11. The van der Waals surface area contributed by atoms with Crippen LogP contribution in [0.15, 0.2) is 19.1 Å². The molecule has 0 saturated carbocycles. The van der Waals surface area contributed by atoms with Gasteiger partial charge >= 0.3 is 11.9 Å². The third-order valence-corrected chi connectivity index (χ3v) is 5.63. The molecule has 0 bridgehead atoms. The van der Waals surface area contributed by atoms with E-state index in [1.807, 2.05) is 0 Å². The van der Waals surface area contributed by atoms with Crippen LogP contribution >= 0.6 is 58.9 Å². The fourth-order valence-electron chi connectivity index (χ4n) is 1.13. The van der Waals surface area contributed by atoms with Crippen LogP contribution in [0.1, 0.15) is 13.8 Å². The van der Waals surface area contributed by atoms with Gasteiger partial charge in [0.05, 0.1) is 22.5 Å². The van der Waals surface area contributed by atoms with Crippen molar-refractivity contribution in [3.05, 3.63) is 19.1 Å². The zero-order valence-electron chi connectivity index (χ0n) is 10.5. The molecular formula is C11H10Cl2O4S3. The molecule has 0 radical (unpaired) electrons. The number of carbonyl (C=O) groups excluding carboxylic acids is 2. The first-order valence-corrected chi connectivity index (χ1v) is 8.25. The molecule has 110 valence electrons. The lowest BCUT2D eigenvalue weighted by atomic mass is 10.5. The second-order valence-corrected chi connectivity index (χ2v) is 6.87. The number of rotatable bonds is 5. The van der Waals surface area contributed by atoms with Gasteiger partial charge in [-0.3, -0.25) is 0 Å². The van der Waals surface area contributed by atoms with Gasteiger partial charge < -0.3 is 9.47 Å². The molecule has 0 fully saturated rings. The highest BCUT2D eigenvalue weighted by atomic mass is 35.5. The summed E-state index contributed by atoms with van der Waals surface area (Å²) in [5.41, 5.74) is 0. The largest absolute Gasteiger partial charge is 0.462 e. The summed E-state index contributed by atoms with van der Waals surface area (Å²) in [6, 6.07) is 0. The van der Waals surface area contributed by atoms with Gasteiger partial charge in [0.25, 0.3) is 0 Å². The SMILES string of the molecule is CCOC(=O)C1=C(C(=O)OCC)SC(=C(Cl)C(=S)Cl)S1. The van der Waals surface area contributed by atoms with Crippen LogP contribution in [0.5, 0.6) is 0 Å². The summed E-state index contributed by atoms with van der Waals surface area (Å²) in [5, 5.41) is 0.123. The van der Waals surface area contributed by atoms with E-state index in [0.29, 0.717) is 4.24 Å². The molecule has 0 saturated heterocycles. The van der Waals surface area contributed by atoms with Gasteiger partial charge in [-0.25, -0.2) is 9.59 Å². The Morgan fingerprint density at radius 2 is 1.45 bits per heavy atom. The number of halogens is 2. The van der Waals surface area contributed by atoms with Crippen molar-refractivity contribution < 1.29 is 19.1 Å². The predicted molar refractivity (Wildman–Crippen MR) is 86.8 cm³/mol. The van der Waals surface area contributed by atoms with Crippen LogP contribution < -0.4 is 0 Å². The molecule has 0 aromatic carbocycles. The highest BCUT2D eigenvalue weighted by molar-refractivity contribution is 8.29. The van der Waals surface area contributed by atoms with Gasteiger partial charge in [-0.2, -0.15) is 0 Å². The molecular weight excluding hydrogens is 363 g/mol. The molecule has 0 aromatic heterocycles. The molecule has 0 aromatic rings. The average Bonchev–Trinajstić information content (AvgIpc) is 2.83. The van der Waals surface area contributed by atoms with Crippen molar-refractivity contribution >= 4 is 75.2 Å². The van der Waals surface area contributed by atoms with Crippen LogP contribution in [-0.4, -0.2) is 29.5 Å². The second-order valence-electron chi connectivity index (χ2n) is 3.18. The lowest BCUT2D eigenvalue weighted by molar-refractivity contribution is -0.140. The van der Waals surface area contributed by atoms with E-state index >= 15 is 0 Å². The van der Waals surface area contributed by atoms with Gasteiger partial charge in [-0.1, -0.05) is 58.9 Å². The smallest absolute Gasteiger partial charge is 0.346 e. The van der Waals surface area contributed by atoms with Crippen molar-refractivity contribution in [1.82, 2.24) is 0 Å². The fraction of sp³-hybridized carbons (Fsp3) is 0.364. The molecule has 0 atom stereocenters. The van der Waals surface area contributed by atoms with Crippen LogP contribution in [0.25, 0.3) is 0 Å². The Kier molecular flexibility index (Phi) is 7.39. The number of ether oxygens (including phenoxy) is 2. The van der Waals surface area contributed by atoms with Crippen LogP contribution in [-0.2, 0) is 19.1 Å². The fourth-order valence-corrected chi connectivity index (χ4v) is 4.11. The summed E-state index contributed by atoms with van der Waals surface area (Å²) >= 11 is 18.4. The third kappa shape index (κ3) is 4.39. The second kappa shape index (κ2) is 8.29. The molecule has 1 heterocycles. The van der Waals surface area contributed by atoms with Gasteiger partial charge in [0.2, 0.25) is 0 Å². The number of thiocarbonyl (C=S) groups is 1. The Balaban J connectivity index is 3.11. The molecule has 0 aliphatic carbocycles. The molecule has 0 spiro atoms. The molecule has 9 heteroatoms. The maximum atomic E-state index is 11.8. The zero-order chi connectivity index (χ0) is 15.3. The summed E-state index contributed by atoms with van der Waals surface area (Å²) in [7, 11) is 0. The average molecular weight is 373 g/mol. The highest BCUT2D eigenvalue weighted by Crippen LogP contribution is 2.52. The number of hydrogen-bond acceptors (Lipinski definition) is 7. The summed E-state index contributed by atoms with van der Waals surface area (Å²) in [5.74, 6) is -1.21. The summed E-state index contributed by atoms with van der Waals surface area (Å²) in [6.07, 6.45) is 0. The summed E-state index contributed by atoms with van der Waals surface area (Å²) < 4.78 is 10.2. The van der Waals surface area contributed by atoms with Crippen molar-refractivity contribution in [3.8, 4) is 0 Å². The van der Waals surface area contributed by atoms with Crippen LogP contribution in [0.4, 0.5) is 0 Å². The van der Waals surface area contributed by atoms with Crippen LogP contribution in [0, 0.1) is 0 Å². The van der Waals surface area contributed by atoms with Gasteiger partial charge in [0, 0.05) is 0 Å². The molecule has 0 N–H and O–H groups in total. The quantitative estimate of drug-likeness (QED) is 0.315. The summed E-state index contributed by atoms with van der Waals surface area (Å²) in [6.45, 7) is 3.74. The lowest BCUT2D eigenvalue weighted by Gasteiger charge is -2.04. The maximum Gasteiger partial charge on any atom is 0.346 e. The van der Waals surface area contributed by atoms with Crippen molar-refractivity contribution in [1.29, 1.82) is 0 Å². The van der Waals surface area contributed by atoms with E-state index in [-0.39, 0.29) is 32.4 Å². The minimum absolute atomic E-state index is 0.0324. The first-order valence-electron chi connectivity index (χ1n) is 5.46. The Morgan fingerprint density at radius 3 is 1.75 bits per heavy atom. The Labute approximate surface area is 140 Å². The molecule has 1 rings (SSSR count). The van der Waals surface area contributed by atoms with Crippen molar-refractivity contribution in [3.63, 3.8) is 0 Å². The highest BCUT2D eigenvalue weighted by Gasteiger charge is 2.34. The van der Waals surface area contributed by atoms with E-state index in [1.54, 1.807) is 13.8 Å². The van der Waals surface area contributed by atoms with Crippen molar-refractivity contribution in [2.45, 2.75) is 13.8 Å². The minimum Gasteiger partial charge on any atom is -0.462 e. The van der Waals surface area contributed by atoms with E-state index < -0.39 is 11.9 Å². The van der Waals surface area contributed by atoms with E-state index in [2.05, 4.69) is 0 Å². The number of hydrogen-bond donors (Lipinski definition) is 0. The standard InChI is InChI=1S/C11H10Cl2O4S3/c1-3-16-9(14)6-7(10(15)17-4-2)20-11(19-6)5(12)8(13)18/h3-4H2,1-2H3. The number of carbonyl (C=O) groups is 2. The number of allylic oxidation sites excluding steroid dienone is 1. The molecule has 4 nitrogen and oxygen atoms in total. The van der Waals surface area contributed by atoms with Gasteiger partial charge in [0.15, 0.2) is 0 Å². The molecule has 0 amide bonds. The van der Waals surface area contributed by atoms with Crippen LogP contribution in [0.2, 0.25) is 0 Å². The normalized spacial score (nSPS) is 14.3. The van der Waals surface area contributed by atoms with Gasteiger partial charge in [0.1, 0.15) is 14.1 Å². The molecule has 1 aliphatic heterocycles. The number of thioether (sulfide) groups is 2. The van der Waals surface area contributed by atoms with E-state index in [4.69, 9.17) is 44.9 Å². The molecule has 0 unspecified atom stereocenters. The van der Waals surface area contributed by atoms with Gasteiger partial charge in [-0.15, -0.1) is 0 Å². The zero-order valence-corrected chi connectivity index (χ0v) is 14.5. The first kappa shape index (κ1) is 17.8. The Morgan fingerprint density at radius 1 is 1.05 bits per heavy atom. The first-order chi connectivity index (χ1) is 9.42. The Hall–Kier alpha value is -0.210. The van der Waals surface area contributed by atoms with E-state index in [0.717, 1.165) is 23.5 Å². The number of esters is 2. The minimum atomic E-state index is -0.604. The Bertz CT molecular complexity index is 482.